The quantitative estimate of drug-likeness (QED) is 0.319. The molecular weight excluding hydrogens is 511 g/mol. The Labute approximate surface area is 202 Å². The maximum Gasteiger partial charge on any atom is 0.191 e. The molecule has 2 heterocycles. The lowest BCUT2D eigenvalue weighted by Crippen LogP contribution is -2.45. The monoisotopic (exact) mass is 542 g/mol. The molecule has 1 aromatic heterocycles. The lowest BCUT2D eigenvalue weighted by Gasteiger charge is -2.34. The van der Waals surface area contributed by atoms with Crippen molar-refractivity contribution in [1.82, 2.24) is 20.5 Å². The molecule has 164 valence electrons. The molecule has 0 spiro atoms. The van der Waals surface area contributed by atoms with Crippen LogP contribution in [0.5, 0.6) is 0 Å². The second-order valence-electron chi connectivity index (χ2n) is 7.28. The largest absolute Gasteiger partial charge is 0.357 e. The van der Waals surface area contributed by atoms with Crippen LogP contribution in [-0.4, -0.2) is 62.2 Å². The molecule has 1 fully saturated rings. The summed E-state index contributed by atoms with van der Waals surface area (Å²) in [5.74, 6) is 1.88. The zero-order chi connectivity index (χ0) is 20.5. The van der Waals surface area contributed by atoms with Crippen LogP contribution in [0.25, 0.3) is 0 Å². The van der Waals surface area contributed by atoms with Gasteiger partial charge in [-0.3, -0.25) is 0 Å². The zero-order valence-corrected chi connectivity index (χ0v) is 20.9. The Balaban J connectivity index is 0.00000320. The highest BCUT2D eigenvalue weighted by Gasteiger charge is 2.17. The van der Waals surface area contributed by atoms with Crippen molar-refractivity contribution in [3.8, 4) is 0 Å². The molecule has 6 nitrogen and oxygen atoms in total. The number of aliphatic imine (C=N–C) groups is 1. The molecule has 1 aliphatic heterocycles. The molecule has 0 amide bonds. The van der Waals surface area contributed by atoms with Crippen LogP contribution < -0.4 is 15.5 Å². The van der Waals surface area contributed by atoms with Crippen molar-refractivity contribution < 1.29 is 0 Å². The molecule has 0 aliphatic carbocycles. The molecular formula is C22H32ClIN6. The molecule has 0 atom stereocenters. The first-order valence-electron chi connectivity index (χ1n) is 10.3. The highest BCUT2D eigenvalue weighted by atomic mass is 127. The molecule has 0 unspecified atom stereocenters. The van der Waals surface area contributed by atoms with Crippen molar-refractivity contribution in [2.45, 2.75) is 19.9 Å². The third-order valence-electron chi connectivity index (χ3n) is 5.02. The highest BCUT2D eigenvalue weighted by Crippen LogP contribution is 2.19. The number of hydrogen-bond donors (Lipinski definition) is 2. The van der Waals surface area contributed by atoms with Crippen molar-refractivity contribution in [3.63, 3.8) is 0 Å². The highest BCUT2D eigenvalue weighted by molar-refractivity contribution is 14.0. The summed E-state index contributed by atoms with van der Waals surface area (Å²) in [4.78, 5) is 14.2. The maximum atomic E-state index is 6.07. The van der Waals surface area contributed by atoms with E-state index in [2.05, 4.69) is 51.5 Å². The first-order chi connectivity index (χ1) is 14.2. The minimum Gasteiger partial charge on any atom is -0.357 e. The Bertz CT molecular complexity index is 808. The van der Waals surface area contributed by atoms with Crippen molar-refractivity contribution in [2.75, 3.05) is 51.2 Å². The van der Waals surface area contributed by atoms with Gasteiger partial charge in [0.15, 0.2) is 5.96 Å². The Morgan fingerprint density at radius 1 is 1.13 bits per heavy atom. The van der Waals surface area contributed by atoms with E-state index in [-0.39, 0.29) is 24.0 Å². The normalized spacial score (nSPS) is 14.9. The standard InChI is InChI=1S/C22H31ClN6.HI/c1-3-24-22(26-11-9-18-6-4-8-20(23)16-18)27-17-19-7-5-10-25-21(19)29-14-12-28(2)13-15-29;/h4-8,10,16H,3,9,11-15,17H2,1-2H3,(H2,24,26,27);1H. The molecule has 2 aromatic rings. The van der Waals surface area contributed by atoms with Gasteiger partial charge in [-0.1, -0.05) is 29.8 Å². The summed E-state index contributed by atoms with van der Waals surface area (Å²) >= 11 is 6.07. The van der Waals surface area contributed by atoms with Crippen LogP contribution in [0, 0.1) is 0 Å². The number of guanidine groups is 1. The average molecular weight is 543 g/mol. The Morgan fingerprint density at radius 3 is 2.67 bits per heavy atom. The number of rotatable bonds is 7. The van der Waals surface area contributed by atoms with Crippen molar-refractivity contribution in [1.29, 1.82) is 0 Å². The van der Waals surface area contributed by atoms with Crippen LogP contribution in [-0.2, 0) is 13.0 Å². The number of aromatic nitrogens is 1. The van der Waals surface area contributed by atoms with Gasteiger partial charge >= 0.3 is 0 Å². The van der Waals surface area contributed by atoms with Gasteiger partial charge in [0, 0.05) is 56.1 Å². The lowest BCUT2D eigenvalue weighted by atomic mass is 10.1. The third-order valence-corrected chi connectivity index (χ3v) is 5.25. The lowest BCUT2D eigenvalue weighted by molar-refractivity contribution is 0.312. The van der Waals surface area contributed by atoms with E-state index in [0.717, 1.165) is 68.1 Å². The fraction of sp³-hybridized carbons (Fsp3) is 0.455. The first kappa shape index (κ1) is 24.7. The number of pyridine rings is 1. The van der Waals surface area contributed by atoms with Gasteiger partial charge in [-0.25, -0.2) is 9.98 Å². The van der Waals surface area contributed by atoms with Crippen LogP contribution in [0.2, 0.25) is 5.02 Å². The molecule has 1 saturated heterocycles. The van der Waals surface area contributed by atoms with Gasteiger partial charge in [0.05, 0.1) is 6.54 Å². The molecule has 30 heavy (non-hydrogen) atoms. The third kappa shape index (κ3) is 7.59. The van der Waals surface area contributed by atoms with Gasteiger partial charge < -0.3 is 20.4 Å². The summed E-state index contributed by atoms with van der Waals surface area (Å²) < 4.78 is 0. The van der Waals surface area contributed by atoms with Gasteiger partial charge in [0.25, 0.3) is 0 Å². The van der Waals surface area contributed by atoms with E-state index in [1.54, 1.807) is 0 Å². The van der Waals surface area contributed by atoms with E-state index in [1.165, 1.54) is 5.56 Å². The van der Waals surface area contributed by atoms with E-state index in [1.807, 2.05) is 30.5 Å². The molecule has 2 N–H and O–H groups in total. The van der Waals surface area contributed by atoms with Gasteiger partial charge in [-0.05, 0) is 44.2 Å². The second-order valence-corrected chi connectivity index (χ2v) is 7.71. The first-order valence-corrected chi connectivity index (χ1v) is 10.7. The maximum absolute atomic E-state index is 6.07. The zero-order valence-electron chi connectivity index (χ0n) is 17.8. The summed E-state index contributed by atoms with van der Waals surface area (Å²) in [5, 5.41) is 7.52. The molecule has 0 radical (unpaired) electrons. The van der Waals surface area contributed by atoms with E-state index in [4.69, 9.17) is 16.6 Å². The fourth-order valence-corrected chi connectivity index (χ4v) is 3.59. The SMILES string of the molecule is CCNC(=NCc1cccnc1N1CCN(C)CC1)NCCc1cccc(Cl)c1.I. The number of piperazine rings is 1. The Morgan fingerprint density at radius 2 is 1.93 bits per heavy atom. The number of halogens is 2. The second kappa shape index (κ2) is 13.0. The van der Waals surface area contributed by atoms with E-state index >= 15 is 0 Å². The van der Waals surface area contributed by atoms with Gasteiger partial charge in [0.1, 0.15) is 5.82 Å². The fourth-order valence-electron chi connectivity index (χ4n) is 3.38. The minimum atomic E-state index is 0. The van der Waals surface area contributed by atoms with Crippen LogP contribution in [0.15, 0.2) is 47.6 Å². The van der Waals surface area contributed by atoms with Crippen molar-refractivity contribution in [2.24, 2.45) is 4.99 Å². The summed E-state index contributed by atoms with van der Waals surface area (Å²) in [6.45, 7) is 8.42. The number of anilines is 1. The number of benzene rings is 1. The average Bonchev–Trinajstić information content (AvgIpc) is 2.73. The van der Waals surface area contributed by atoms with Crippen LogP contribution >= 0.6 is 35.6 Å². The molecule has 0 saturated carbocycles. The predicted octanol–water partition coefficient (Wildman–Crippen LogP) is 3.40. The molecule has 1 aliphatic rings. The predicted molar refractivity (Wildman–Crippen MR) is 137 cm³/mol. The number of likely N-dealkylation sites (N-methyl/N-ethyl adjacent to an activating group) is 1. The summed E-state index contributed by atoms with van der Waals surface area (Å²) in [6, 6.07) is 12.1. The van der Waals surface area contributed by atoms with Crippen molar-refractivity contribution >= 4 is 47.4 Å². The van der Waals surface area contributed by atoms with Crippen molar-refractivity contribution in [3.05, 3.63) is 58.7 Å². The Kier molecular flexibility index (Phi) is 10.7. The van der Waals surface area contributed by atoms with Gasteiger partial charge in [0.2, 0.25) is 0 Å². The van der Waals surface area contributed by atoms with E-state index in [9.17, 15) is 0 Å². The van der Waals surface area contributed by atoms with Crippen LogP contribution in [0.1, 0.15) is 18.1 Å². The minimum absolute atomic E-state index is 0. The summed E-state index contributed by atoms with van der Waals surface area (Å²) in [5.41, 5.74) is 2.37. The molecule has 3 rings (SSSR count). The Hall–Kier alpha value is -1.58. The number of nitrogens with zero attached hydrogens (tertiary/aromatic N) is 4. The molecule has 0 bridgehead atoms. The smallest absolute Gasteiger partial charge is 0.191 e. The number of nitrogens with one attached hydrogen (secondary N) is 2. The van der Waals surface area contributed by atoms with Gasteiger partial charge in [-0.2, -0.15) is 0 Å². The number of hydrogen-bond acceptors (Lipinski definition) is 4. The van der Waals surface area contributed by atoms with E-state index in [0.29, 0.717) is 6.54 Å². The van der Waals surface area contributed by atoms with Crippen LogP contribution in [0.4, 0.5) is 5.82 Å². The molecule has 8 heteroatoms. The topological polar surface area (TPSA) is 55.8 Å². The summed E-state index contributed by atoms with van der Waals surface area (Å²) in [7, 11) is 2.17. The van der Waals surface area contributed by atoms with E-state index < -0.39 is 0 Å². The molecule has 1 aromatic carbocycles. The summed E-state index contributed by atoms with van der Waals surface area (Å²) in [6.07, 6.45) is 2.76. The van der Waals surface area contributed by atoms with Gasteiger partial charge in [-0.15, -0.1) is 24.0 Å². The van der Waals surface area contributed by atoms with Crippen LogP contribution in [0.3, 0.4) is 0 Å².